The van der Waals surface area contributed by atoms with E-state index >= 15 is 0 Å². The van der Waals surface area contributed by atoms with E-state index in [1.807, 2.05) is 45.9 Å². The van der Waals surface area contributed by atoms with Gasteiger partial charge in [-0.2, -0.15) is 0 Å². The molecule has 0 radical (unpaired) electrons. The van der Waals surface area contributed by atoms with Gasteiger partial charge < -0.3 is 19.9 Å². The number of allylic oxidation sites excluding steroid dienone is 2. The number of hydrogen-bond acceptors (Lipinski definition) is 13. The van der Waals surface area contributed by atoms with Crippen LogP contribution in [0.15, 0.2) is 186 Å². The Balaban J connectivity index is 0.000000200. The van der Waals surface area contributed by atoms with E-state index in [0.29, 0.717) is 33.9 Å². The van der Waals surface area contributed by atoms with E-state index in [4.69, 9.17) is 9.31 Å². The zero-order valence-corrected chi connectivity index (χ0v) is 49.1. The molecule has 1 saturated heterocycles. The highest BCUT2D eigenvalue weighted by Gasteiger charge is 2.51. The normalized spacial score (nSPS) is 12.6. The number of rotatable bonds is 12. The topological polar surface area (TPSA) is 209 Å². The van der Waals surface area contributed by atoms with Gasteiger partial charge in [0.15, 0.2) is 23.6 Å². The van der Waals surface area contributed by atoms with Crippen molar-refractivity contribution in [2.24, 2.45) is 0 Å². The van der Waals surface area contributed by atoms with E-state index in [1.54, 1.807) is 79.8 Å². The number of carbonyl (C=O) groups excluding carboxylic acids is 6. The molecule has 3 aromatic carbocycles. The second-order valence-electron chi connectivity index (χ2n) is 18.8. The number of pyridine rings is 5. The van der Waals surface area contributed by atoms with Gasteiger partial charge in [0.25, 0.3) is 0 Å². The Labute approximate surface area is 495 Å². The average Bonchev–Trinajstić information content (AvgIpc) is 3.43. The summed E-state index contributed by atoms with van der Waals surface area (Å²) in [5.41, 5.74) is 5.29. The zero-order chi connectivity index (χ0) is 60.7. The fourth-order valence-electron chi connectivity index (χ4n) is 6.85. The van der Waals surface area contributed by atoms with Crippen LogP contribution in [0.2, 0.25) is 0 Å². The highest BCUT2D eigenvalue weighted by Crippen LogP contribution is 2.36. The number of benzene rings is 3. The molecule has 2 N–H and O–H groups in total. The summed E-state index contributed by atoms with van der Waals surface area (Å²) in [5, 5.41) is 5.28. The van der Waals surface area contributed by atoms with Gasteiger partial charge in [-0.05, 0) is 228 Å². The lowest BCUT2D eigenvalue weighted by atomic mass is 9.80. The lowest BCUT2D eigenvalue weighted by molar-refractivity contribution is -0.115. The van der Waals surface area contributed by atoms with Crippen LogP contribution >= 0.6 is 31.9 Å². The first-order chi connectivity index (χ1) is 39.4. The molecule has 21 heteroatoms. The lowest BCUT2D eigenvalue weighted by Gasteiger charge is -2.32. The number of aromatic nitrogens is 5. The maximum atomic E-state index is 12.9. The largest absolute Gasteiger partial charge is 0.495 e. The van der Waals surface area contributed by atoms with Crippen LogP contribution in [0.5, 0.6) is 0 Å². The summed E-state index contributed by atoms with van der Waals surface area (Å²) in [7, 11) is -0.444. The van der Waals surface area contributed by atoms with Gasteiger partial charge in [0.1, 0.15) is 29.1 Å². The Hall–Kier alpha value is -8.76. The van der Waals surface area contributed by atoms with Crippen molar-refractivity contribution in [1.82, 2.24) is 24.9 Å². The molecule has 5 aromatic heterocycles. The number of anilines is 2. The molecule has 9 rings (SSSR count). The van der Waals surface area contributed by atoms with Gasteiger partial charge in [0.2, 0.25) is 11.8 Å². The molecule has 0 unspecified atom stereocenters. The predicted molar refractivity (Wildman–Crippen MR) is 321 cm³/mol. The smallest absolute Gasteiger partial charge is 0.399 e. The molecule has 1 aliphatic rings. The van der Waals surface area contributed by atoms with Crippen molar-refractivity contribution in [3.05, 3.63) is 237 Å². The number of ketones is 3. The first kappa shape index (κ1) is 65.1. The van der Waals surface area contributed by atoms with Gasteiger partial charge in [-0.1, -0.05) is 0 Å². The van der Waals surface area contributed by atoms with Crippen LogP contribution in [0.25, 0.3) is 23.3 Å². The van der Waals surface area contributed by atoms with Crippen LogP contribution < -0.4 is 16.1 Å². The SMILES string of the molecule is CC(=O)Nc1cc(-c2cncc(/C=C/C(=O)c3ccc(F)cc3)c2)ccn1.CC(=O)Nc1cc(B2OC(C)(C)C(C)(C)O2)ccn1.CC(=O)c1ccc(F)cc1.O=C(/C=C/c1cncc(Br)c1)c1ccc(F)cc1.O=Cc1cncc(Br)c1. The van der Waals surface area contributed by atoms with Gasteiger partial charge in [-0.3, -0.25) is 43.7 Å². The number of nitrogens with zero attached hydrogens (tertiary/aromatic N) is 5. The van der Waals surface area contributed by atoms with Crippen molar-refractivity contribution < 1.29 is 51.2 Å². The second kappa shape index (κ2) is 31.5. The van der Waals surface area contributed by atoms with Crippen molar-refractivity contribution in [1.29, 1.82) is 0 Å². The number of Topliss-reactive ketones (excluding diaryl/α,β-unsaturated/α-hetero) is 1. The zero-order valence-electron chi connectivity index (χ0n) is 45.9. The van der Waals surface area contributed by atoms with Crippen molar-refractivity contribution >= 4 is 104 Å². The number of aldehydes is 1. The summed E-state index contributed by atoms with van der Waals surface area (Å²) in [6, 6.07) is 28.9. The number of nitrogens with one attached hydrogen (secondary N) is 2. The molecule has 1 aliphatic heterocycles. The molecule has 2 amide bonds. The van der Waals surface area contributed by atoms with Crippen molar-refractivity contribution in [3.8, 4) is 11.1 Å². The molecule has 6 heterocycles. The average molecular weight is 1250 g/mol. The Morgan fingerprint density at radius 2 is 0.916 bits per heavy atom. The van der Waals surface area contributed by atoms with Crippen molar-refractivity contribution in [3.63, 3.8) is 0 Å². The Kier molecular flexibility index (Phi) is 24.7. The summed E-state index contributed by atoms with van der Waals surface area (Å²) < 4.78 is 51.4. The summed E-state index contributed by atoms with van der Waals surface area (Å²) in [6.45, 7) is 12.3. The van der Waals surface area contributed by atoms with E-state index in [1.165, 1.54) is 112 Å². The molecule has 8 aromatic rings. The van der Waals surface area contributed by atoms with Crippen LogP contribution in [0.4, 0.5) is 24.8 Å². The minimum atomic E-state index is -0.444. The molecule has 0 atom stereocenters. The summed E-state index contributed by atoms with van der Waals surface area (Å²) >= 11 is 6.48. The van der Waals surface area contributed by atoms with Gasteiger partial charge in [-0.25, -0.2) is 23.1 Å². The minimum Gasteiger partial charge on any atom is -0.399 e. The van der Waals surface area contributed by atoms with E-state index in [9.17, 15) is 41.9 Å². The molecule has 0 bridgehead atoms. The Bertz CT molecular complexity index is 3600. The van der Waals surface area contributed by atoms with E-state index in [0.717, 1.165) is 42.9 Å². The fourth-order valence-corrected chi connectivity index (χ4v) is 7.61. The van der Waals surface area contributed by atoms with Crippen LogP contribution in [0, 0.1) is 17.5 Å². The molecule has 0 saturated carbocycles. The van der Waals surface area contributed by atoms with Crippen LogP contribution in [0.3, 0.4) is 0 Å². The molecule has 15 nitrogen and oxygen atoms in total. The Morgan fingerprint density at radius 3 is 1.35 bits per heavy atom. The third-order valence-electron chi connectivity index (χ3n) is 11.7. The standard InChI is InChI=1S/C21H16FN3O2.C14H9BrFNO.C13H19BN2O3.C8H7FO.C6H4BrNO/c1-14(26)25-21-11-17(8-9-24-21)18-10-15(12-23-13-18)2-7-20(27)16-3-5-19(22)6-4-16;15-12-7-10(8-17-9-12)1-6-14(18)11-2-4-13(16)5-3-11;1-9(17)16-11-8-10(6-7-15-11)14-18-12(2,3)13(4,5)19-14;1-6(10)7-2-4-8(9)5-3-7;7-6-1-5(4-9)2-8-3-6/h2-13H,1H3,(H,24,25,26);1-9H;6-8H,1-5H3,(H,15,16,17);2-5H,1H3;1-4H/b7-2+;6-1+;;;. The highest BCUT2D eigenvalue weighted by molar-refractivity contribution is 9.10. The van der Waals surface area contributed by atoms with Crippen LogP contribution in [0.1, 0.15) is 101 Å². The van der Waals surface area contributed by atoms with E-state index in [2.05, 4.69) is 67.4 Å². The predicted octanol–water partition coefficient (Wildman–Crippen LogP) is 13.0. The van der Waals surface area contributed by atoms with E-state index < -0.39 is 7.12 Å². The monoisotopic (exact) mass is 1250 g/mol. The molecule has 83 heavy (non-hydrogen) atoms. The lowest BCUT2D eigenvalue weighted by Crippen LogP contribution is -2.41. The van der Waals surface area contributed by atoms with Gasteiger partial charge >= 0.3 is 7.12 Å². The molecule has 0 aliphatic carbocycles. The molecular formula is C62H55BBr2F3N7O8. The molecule has 1 fully saturated rings. The van der Waals surface area contributed by atoms with Gasteiger partial charge in [-0.15, -0.1) is 0 Å². The fraction of sp³-hybridized carbons (Fsp3) is 0.145. The van der Waals surface area contributed by atoms with E-state index in [-0.39, 0.29) is 57.8 Å². The Morgan fingerprint density at radius 1 is 0.506 bits per heavy atom. The van der Waals surface area contributed by atoms with Gasteiger partial charge in [0.05, 0.1) is 11.2 Å². The van der Waals surface area contributed by atoms with Crippen LogP contribution in [-0.4, -0.2) is 78.7 Å². The molecular weight excluding hydrogens is 1200 g/mol. The maximum absolute atomic E-state index is 12.9. The third kappa shape index (κ3) is 21.9. The number of hydrogen-bond donors (Lipinski definition) is 2. The summed E-state index contributed by atoms with van der Waals surface area (Å²) in [6.07, 6.45) is 20.0. The number of carbonyl (C=O) groups is 6. The molecule has 424 valence electrons. The minimum absolute atomic E-state index is 0.0417. The third-order valence-corrected chi connectivity index (χ3v) is 12.6. The van der Waals surface area contributed by atoms with Crippen molar-refractivity contribution in [2.75, 3.05) is 10.6 Å². The maximum Gasteiger partial charge on any atom is 0.495 e. The first-order valence-corrected chi connectivity index (χ1v) is 26.7. The second-order valence-corrected chi connectivity index (χ2v) is 20.7. The van der Waals surface area contributed by atoms with Gasteiger partial charge in [0, 0.05) is 100 Å². The summed E-state index contributed by atoms with van der Waals surface area (Å²) in [4.78, 5) is 87.0. The number of amides is 2. The quantitative estimate of drug-likeness (QED) is 0.0505. The first-order valence-electron chi connectivity index (χ1n) is 25.1. The molecule has 0 spiro atoms. The highest BCUT2D eigenvalue weighted by atomic mass is 79.9. The summed E-state index contributed by atoms with van der Waals surface area (Å²) in [5.74, 6) is -0.896. The van der Waals surface area contributed by atoms with Crippen molar-refractivity contribution in [2.45, 2.75) is 59.7 Å². The van der Waals surface area contributed by atoms with Crippen LogP contribution in [-0.2, 0) is 18.9 Å². The number of halogens is 5.